The van der Waals surface area contributed by atoms with Gasteiger partial charge in [-0.25, -0.2) is 9.59 Å². The van der Waals surface area contributed by atoms with Gasteiger partial charge in [0.05, 0.1) is 18.3 Å². The van der Waals surface area contributed by atoms with E-state index in [4.69, 9.17) is 5.11 Å². The number of carbonyl (C=O) groups is 2. The van der Waals surface area contributed by atoms with Gasteiger partial charge in [0, 0.05) is 12.7 Å². The second kappa shape index (κ2) is 3.75. The summed E-state index contributed by atoms with van der Waals surface area (Å²) in [5, 5.41) is 11.3. The van der Waals surface area contributed by atoms with Crippen molar-refractivity contribution in [3.63, 3.8) is 0 Å². The number of carboxylic acids is 1. The molecule has 1 aliphatic heterocycles. The van der Waals surface area contributed by atoms with E-state index in [2.05, 4.69) is 10.1 Å². The van der Waals surface area contributed by atoms with Crippen LogP contribution in [0, 0.1) is 0 Å². The second-order valence-electron chi connectivity index (χ2n) is 2.45. The van der Waals surface area contributed by atoms with Gasteiger partial charge in [0.25, 0.3) is 0 Å². The maximum atomic E-state index is 11.0. The fraction of sp³-hybridized carbons (Fsp3) is 0.250. The van der Waals surface area contributed by atoms with Crippen LogP contribution >= 0.6 is 0 Å². The van der Waals surface area contributed by atoms with Crippen LogP contribution < -0.4 is 5.32 Å². The molecule has 0 aliphatic carbocycles. The molecule has 0 unspecified atom stereocenters. The van der Waals surface area contributed by atoms with Crippen LogP contribution in [0.2, 0.25) is 0 Å². The average Bonchev–Trinajstić information content (AvgIpc) is 2.17. The first kappa shape index (κ1) is 9.31. The lowest BCUT2D eigenvalue weighted by Crippen LogP contribution is -2.23. The third-order valence-electron chi connectivity index (χ3n) is 1.57. The Morgan fingerprint density at radius 3 is 2.85 bits per heavy atom. The van der Waals surface area contributed by atoms with Gasteiger partial charge in [0.2, 0.25) is 0 Å². The standard InChI is InChI=1S/C8H9NO4/c1-13-8(12)6-2-5(7(10)11)3-9-4-6/h2-3,9H,4H2,1H3,(H,10,11). The van der Waals surface area contributed by atoms with Crippen molar-refractivity contribution in [1.29, 1.82) is 0 Å². The lowest BCUT2D eigenvalue weighted by molar-refractivity contribution is -0.136. The van der Waals surface area contributed by atoms with Crippen molar-refractivity contribution in [1.82, 2.24) is 5.32 Å². The molecule has 0 amide bonds. The highest BCUT2D eigenvalue weighted by Crippen LogP contribution is 2.08. The van der Waals surface area contributed by atoms with E-state index in [9.17, 15) is 9.59 Å². The summed E-state index contributed by atoms with van der Waals surface area (Å²) in [6, 6.07) is 0. The van der Waals surface area contributed by atoms with Crippen molar-refractivity contribution in [3.05, 3.63) is 23.4 Å². The summed E-state index contributed by atoms with van der Waals surface area (Å²) in [6.45, 7) is 0.295. The molecule has 0 spiro atoms. The van der Waals surface area contributed by atoms with E-state index in [1.807, 2.05) is 0 Å². The lowest BCUT2D eigenvalue weighted by Gasteiger charge is -2.10. The van der Waals surface area contributed by atoms with E-state index in [1.165, 1.54) is 19.4 Å². The number of ether oxygens (including phenoxy) is 1. The smallest absolute Gasteiger partial charge is 0.337 e. The van der Waals surface area contributed by atoms with Crippen molar-refractivity contribution in [2.75, 3.05) is 13.7 Å². The van der Waals surface area contributed by atoms with Crippen LogP contribution in [-0.2, 0) is 14.3 Å². The summed E-state index contributed by atoms with van der Waals surface area (Å²) in [5.41, 5.74) is 0.356. The zero-order chi connectivity index (χ0) is 9.84. The summed E-state index contributed by atoms with van der Waals surface area (Å²) in [5.74, 6) is -1.59. The number of carbonyl (C=O) groups excluding carboxylic acids is 1. The van der Waals surface area contributed by atoms with Crippen LogP contribution in [0.4, 0.5) is 0 Å². The minimum Gasteiger partial charge on any atom is -0.478 e. The number of rotatable bonds is 2. The van der Waals surface area contributed by atoms with Crippen molar-refractivity contribution in [3.8, 4) is 0 Å². The molecule has 5 heteroatoms. The SMILES string of the molecule is COC(=O)C1=CC(C(=O)O)=CNC1. The number of esters is 1. The molecule has 13 heavy (non-hydrogen) atoms. The number of hydrogen-bond acceptors (Lipinski definition) is 4. The van der Waals surface area contributed by atoms with Gasteiger partial charge < -0.3 is 15.2 Å². The molecule has 1 rings (SSSR count). The zero-order valence-electron chi connectivity index (χ0n) is 7.03. The Morgan fingerprint density at radius 2 is 2.31 bits per heavy atom. The van der Waals surface area contributed by atoms with Gasteiger partial charge in [0.1, 0.15) is 0 Å². The molecule has 1 heterocycles. The van der Waals surface area contributed by atoms with Gasteiger partial charge in [0.15, 0.2) is 0 Å². The predicted octanol–water partition coefficient (Wildman–Crippen LogP) is -0.343. The number of dihydropyridines is 1. The summed E-state index contributed by atoms with van der Waals surface area (Å²) in [4.78, 5) is 21.5. The molecule has 5 nitrogen and oxygen atoms in total. The largest absolute Gasteiger partial charge is 0.478 e. The molecule has 0 aromatic carbocycles. The predicted molar refractivity (Wildman–Crippen MR) is 43.8 cm³/mol. The maximum absolute atomic E-state index is 11.0. The number of carboxylic acid groups (broad SMARTS) is 1. The van der Waals surface area contributed by atoms with Crippen LogP contribution in [0.1, 0.15) is 0 Å². The van der Waals surface area contributed by atoms with Gasteiger partial charge in [-0.2, -0.15) is 0 Å². The number of hydrogen-bond donors (Lipinski definition) is 2. The second-order valence-corrected chi connectivity index (χ2v) is 2.45. The monoisotopic (exact) mass is 183 g/mol. The zero-order valence-corrected chi connectivity index (χ0v) is 7.03. The minimum atomic E-state index is -1.08. The molecular weight excluding hydrogens is 174 g/mol. The number of methoxy groups -OCH3 is 1. The number of nitrogens with one attached hydrogen (secondary N) is 1. The Hall–Kier alpha value is -1.78. The Balaban J connectivity index is 2.84. The third-order valence-corrected chi connectivity index (χ3v) is 1.57. The highest BCUT2D eigenvalue weighted by molar-refractivity contribution is 5.96. The minimum absolute atomic E-state index is 0.0478. The Labute approximate surface area is 74.7 Å². The van der Waals surface area contributed by atoms with Gasteiger partial charge in [-0.15, -0.1) is 0 Å². The average molecular weight is 183 g/mol. The highest BCUT2D eigenvalue weighted by atomic mass is 16.5. The van der Waals surface area contributed by atoms with Crippen LogP contribution in [0.3, 0.4) is 0 Å². The third kappa shape index (κ3) is 2.08. The molecule has 0 saturated heterocycles. The molecule has 0 aromatic heterocycles. The molecule has 0 aromatic rings. The molecule has 0 radical (unpaired) electrons. The maximum Gasteiger partial charge on any atom is 0.337 e. The van der Waals surface area contributed by atoms with Crippen molar-refractivity contribution >= 4 is 11.9 Å². The highest BCUT2D eigenvalue weighted by Gasteiger charge is 2.16. The van der Waals surface area contributed by atoms with E-state index in [1.54, 1.807) is 0 Å². The molecule has 0 fully saturated rings. The topological polar surface area (TPSA) is 75.6 Å². The van der Waals surface area contributed by atoms with Crippen LogP contribution in [0.25, 0.3) is 0 Å². The van der Waals surface area contributed by atoms with E-state index in [-0.39, 0.29) is 5.57 Å². The van der Waals surface area contributed by atoms with Gasteiger partial charge in [-0.1, -0.05) is 0 Å². The van der Waals surface area contributed by atoms with Crippen molar-refractivity contribution in [2.45, 2.75) is 0 Å². The molecular formula is C8H9NO4. The summed E-state index contributed by atoms with van der Waals surface area (Å²) >= 11 is 0. The van der Waals surface area contributed by atoms with Gasteiger partial charge in [-0.3, -0.25) is 0 Å². The number of aliphatic carboxylic acids is 1. The summed E-state index contributed by atoms with van der Waals surface area (Å²) < 4.78 is 4.45. The molecule has 2 N–H and O–H groups in total. The van der Waals surface area contributed by atoms with E-state index >= 15 is 0 Å². The molecule has 1 aliphatic rings. The fourth-order valence-electron chi connectivity index (χ4n) is 0.937. The summed E-state index contributed by atoms with van der Waals surface area (Å²) in [7, 11) is 1.25. The van der Waals surface area contributed by atoms with E-state index < -0.39 is 11.9 Å². The van der Waals surface area contributed by atoms with E-state index in [0.29, 0.717) is 12.1 Å². The normalized spacial score (nSPS) is 15.2. The Bertz CT molecular complexity index is 303. The Morgan fingerprint density at radius 1 is 1.62 bits per heavy atom. The van der Waals surface area contributed by atoms with Crippen LogP contribution in [0.5, 0.6) is 0 Å². The fourth-order valence-corrected chi connectivity index (χ4v) is 0.937. The molecule has 70 valence electrons. The van der Waals surface area contributed by atoms with Crippen LogP contribution in [-0.4, -0.2) is 30.7 Å². The first-order chi connectivity index (χ1) is 6.15. The van der Waals surface area contributed by atoms with Crippen molar-refractivity contribution in [2.24, 2.45) is 0 Å². The molecule has 0 bridgehead atoms. The lowest BCUT2D eigenvalue weighted by atomic mass is 10.1. The van der Waals surface area contributed by atoms with E-state index in [0.717, 1.165) is 0 Å². The summed E-state index contributed by atoms with van der Waals surface area (Å²) in [6.07, 6.45) is 2.64. The first-order valence-corrected chi connectivity index (χ1v) is 3.61. The molecule has 0 atom stereocenters. The van der Waals surface area contributed by atoms with Gasteiger partial charge in [-0.05, 0) is 6.08 Å². The Kier molecular flexibility index (Phi) is 2.69. The van der Waals surface area contributed by atoms with Gasteiger partial charge >= 0.3 is 11.9 Å². The van der Waals surface area contributed by atoms with Crippen LogP contribution in [0.15, 0.2) is 23.4 Å². The quantitative estimate of drug-likeness (QED) is 0.573. The van der Waals surface area contributed by atoms with Crippen molar-refractivity contribution < 1.29 is 19.4 Å². The molecule has 0 saturated carbocycles. The first-order valence-electron chi connectivity index (χ1n) is 3.61.